The molecule has 2 N–H and O–H groups in total. The first-order valence-corrected chi connectivity index (χ1v) is 7.94. The van der Waals surface area contributed by atoms with Gasteiger partial charge in [-0.3, -0.25) is 0 Å². The summed E-state index contributed by atoms with van der Waals surface area (Å²) in [4.78, 5) is 3.85. The average molecular weight is 307 g/mol. The van der Waals surface area contributed by atoms with E-state index in [1.807, 2.05) is 13.8 Å². The molecule has 5 nitrogen and oxygen atoms in total. The fourth-order valence-electron chi connectivity index (χ4n) is 1.43. The van der Waals surface area contributed by atoms with Gasteiger partial charge in [0.05, 0.1) is 6.10 Å². The van der Waals surface area contributed by atoms with E-state index < -0.39 is 16.1 Å². The average Bonchev–Trinajstić information content (AvgIpc) is 2.38. The highest BCUT2D eigenvalue weighted by Gasteiger charge is 2.19. The zero-order valence-corrected chi connectivity index (χ0v) is 12.8. The molecule has 0 amide bonds. The minimum Gasteiger partial charge on any atom is -0.391 e. The molecular formula is C12H19ClN2O3S. The van der Waals surface area contributed by atoms with Crippen LogP contribution in [0.4, 0.5) is 0 Å². The van der Waals surface area contributed by atoms with E-state index in [0.29, 0.717) is 5.56 Å². The molecule has 7 heteroatoms. The summed E-state index contributed by atoms with van der Waals surface area (Å²) < 4.78 is 26.4. The number of hydrogen-bond donors (Lipinski definition) is 2. The van der Waals surface area contributed by atoms with Crippen molar-refractivity contribution >= 4 is 21.6 Å². The van der Waals surface area contributed by atoms with Crippen molar-refractivity contribution in [3.63, 3.8) is 0 Å². The molecule has 0 saturated carbocycles. The predicted octanol–water partition coefficient (Wildman–Crippen LogP) is 1.73. The van der Waals surface area contributed by atoms with E-state index in [1.54, 1.807) is 6.92 Å². The molecule has 0 aliphatic carbocycles. The Hall–Kier alpha value is -0.690. The molecule has 0 radical (unpaired) electrons. The number of aromatic nitrogens is 1. The van der Waals surface area contributed by atoms with Crippen molar-refractivity contribution in [2.75, 3.05) is 6.54 Å². The van der Waals surface area contributed by atoms with Crippen molar-refractivity contribution in [2.45, 2.75) is 38.2 Å². The highest BCUT2D eigenvalue weighted by Crippen LogP contribution is 2.16. The number of sulfonamides is 1. The summed E-state index contributed by atoms with van der Waals surface area (Å²) in [7, 11) is -3.67. The zero-order chi connectivity index (χ0) is 14.6. The molecule has 0 spiro atoms. The Balaban J connectivity index is 2.79. The Kier molecular flexibility index (Phi) is 5.73. The monoisotopic (exact) mass is 306 g/mol. The lowest BCUT2D eigenvalue weighted by atomic mass is 10.0. The second-order valence-electron chi connectivity index (χ2n) is 4.58. The summed E-state index contributed by atoms with van der Waals surface area (Å²) in [6.07, 6.45) is 1.28. The standard InChI is InChI=1S/C12H19ClN2O3S/c1-4-8(2)11(16)7-15-19(17,18)10-5-9(3)12(13)14-6-10/h5-6,8,11,15-16H,4,7H2,1-3H3. The quantitative estimate of drug-likeness (QED) is 0.785. The number of pyridine rings is 1. The van der Waals surface area contributed by atoms with Crippen molar-refractivity contribution in [1.82, 2.24) is 9.71 Å². The zero-order valence-electron chi connectivity index (χ0n) is 11.2. The van der Waals surface area contributed by atoms with Gasteiger partial charge in [-0.25, -0.2) is 18.1 Å². The minimum atomic E-state index is -3.67. The van der Waals surface area contributed by atoms with Crippen LogP contribution in [0.25, 0.3) is 0 Å². The summed E-state index contributed by atoms with van der Waals surface area (Å²) >= 11 is 5.75. The normalized spacial score (nSPS) is 15.2. The van der Waals surface area contributed by atoms with Crippen LogP contribution in [0.3, 0.4) is 0 Å². The fraction of sp³-hybridized carbons (Fsp3) is 0.583. The number of aliphatic hydroxyl groups is 1. The van der Waals surface area contributed by atoms with Crippen LogP contribution >= 0.6 is 11.6 Å². The Bertz CT molecular complexity index is 534. The van der Waals surface area contributed by atoms with Gasteiger partial charge in [0.2, 0.25) is 10.0 Å². The topological polar surface area (TPSA) is 79.3 Å². The Morgan fingerprint density at radius 2 is 2.16 bits per heavy atom. The molecule has 0 aromatic carbocycles. The first kappa shape index (κ1) is 16.4. The van der Waals surface area contributed by atoms with Crippen LogP contribution in [-0.2, 0) is 10.0 Å². The van der Waals surface area contributed by atoms with Gasteiger partial charge in [0.25, 0.3) is 0 Å². The molecule has 1 heterocycles. The third-order valence-corrected chi connectivity index (χ3v) is 4.87. The van der Waals surface area contributed by atoms with Crippen molar-refractivity contribution in [3.8, 4) is 0 Å². The SMILES string of the molecule is CCC(C)C(O)CNS(=O)(=O)c1cnc(Cl)c(C)c1. The number of nitrogens with one attached hydrogen (secondary N) is 1. The molecule has 1 aromatic rings. The van der Waals surface area contributed by atoms with E-state index in [2.05, 4.69) is 9.71 Å². The van der Waals surface area contributed by atoms with Crippen LogP contribution in [0, 0.1) is 12.8 Å². The van der Waals surface area contributed by atoms with E-state index in [0.717, 1.165) is 6.42 Å². The largest absolute Gasteiger partial charge is 0.391 e. The van der Waals surface area contributed by atoms with E-state index in [1.165, 1.54) is 12.3 Å². The van der Waals surface area contributed by atoms with Gasteiger partial charge in [0, 0.05) is 12.7 Å². The second kappa shape index (κ2) is 6.65. The predicted molar refractivity (Wildman–Crippen MR) is 74.6 cm³/mol. The van der Waals surface area contributed by atoms with Gasteiger partial charge in [0.1, 0.15) is 10.0 Å². The molecule has 1 rings (SSSR count). The second-order valence-corrected chi connectivity index (χ2v) is 6.71. The Morgan fingerprint density at radius 3 is 2.68 bits per heavy atom. The molecule has 0 aliphatic heterocycles. The summed E-state index contributed by atoms with van der Waals surface area (Å²) in [5, 5.41) is 10.0. The number of hydrogen-bond acceptors (Lipinski definition) is 4. The third kappa shape index (κ3) is 4.42. The molecular weight excluding hydrogens is 288 g/mol. The maximum Gasteiger partial charge on any atom is 0.242 e. The Morgan fingerprint density at radius 1 is 1.53 bits per heavy atom. The maximum absolute atomic E-state index is 12.0. The minimum absolute atomic E-state index is 0.0149. The molecule has 2 atom stereocenters. The van der Waals surface area contributed by atoms with E-state index >= 15 is 0 Å². The first-order chi connectivity index (χ1) is 8.77. The lowest BCUT2D eigenvalue weighted by Gasteiger charge is -2.17. The highest BCUT2D eigenvalue weighted by molar-refractivity contribution is 7.89. The van der Waals surface area contributed by atoms with E-state index in [9.17, 15) is 13.5 Å². The molecule has 0 aliphatic rings. The van der Waals surface area contributed by atoms with E-state index in [4.69, 9.17) is 11.6 Å². The maximum atomic E-state index is 12.0. The fourth-order valence-corrected chi connectivity index (χ4v) is 2.61. The molecule has 1 aromatic heterocycles. The van der Waals surface area contributed by atoms with E-state index in [-0.39, 0.29) is 22.5 Å². The van der Waals surface area contributed by atoms with Crippen LogP contribution in [0.15, 0.2) is 17.2 Å². The summed E-state index contributed by atoms with van der Waals surface area (Å²) in [6.45, 7) is 5.48. The van der Waals surface area contributed by atoms with Gasteiger partial charge in [-0.05, 0) is 24.5 Å². The smallest absolute Gasteiger partial charge is 0.242 e. The van der Waals surface area contributed by atoms with Gasteiger partial charge >= 0.3 is 0 Å². The number of halogens is 1. The van der Waals surface area contributed by atoms with Crippen molar-refractivity contribution in [3.05, 3.63) is 23.0 Å². The van der Waals surface area contributed by atoms with Crippen LogP contribution in [0.2, 0.25) is 5.15 Å². The lowest BCUT2D eigenvalue weighted by Crippen LogP contribution is -2.35. The molecule has 19 heavy (non-hydrogen) atoms. The number of nitrogens with zero attached hydrogens (tertiary/aromatic N) is 1. The first-order valence-electron chi connectivity index (χ1n) is 6.07. The summed E-state index contributed by atoms with van der Waals surface area (Å²) in [5.41, 5.74) is 0.590. The molecule has 108 valence electrons. The summed E-state index contributed by atoms with van der Waals surface area (Å²) in [5.74, 6) is 0.0350. The number of aliphatic hydroxyl groups excluding tert-OH is 1. The molecule has 0 saturated heterocycles. The Labute approximate surface area is 119 Å². The van der Waals surface area contributed by atoms with Crippen LogP contribution in [0.5, 0.6) is 0 Å². The van der Waals surface area contributed by atoms with Crippen molar-refractivity contribution in [1.29, 1.82) is 0 Å². The van der Waals surface area contributed by atoms with Gasteiger partial charge in [-0.2, -0.15) is 0 Å². The van der Waals surface area contributed by atoms with Crippen LogP contribution in [-0.4, -0.2) is 31.2 Å². The molecule has 2 unspecified atom stereocenters. The molecule has 0 fully saturated rings. The van der Waals surface area contributed by atoms with Crippen molar-refractivity contribution in [2.24, 2.45) is 5.92 Å². The lowest BCUT2D eigenvalue weighted by molar-refractivity contribution is 0.118. The third-order valence-electron chi connectivity index (χ3n) is 3.08. The van der Waals surface area contributed by atoms with Crippen molar-refractivity contribution < 1.29 is 13.5 Å². The van der Waals surface area contributed by atoms with Crippen LogP contribution in [0.1, 0.15) is 25.8 Å². The van der Waals surface area contributed by atoms with Gasteiger partial charge in [-0.15, -0.1) is 0 Å². The number of aryl methyl sites for hydroxylation is 1. The highest BCUT2D eigenvalue weighted by atomic mass is 35.5. The molecule has 0 bridgehead atoms. The summed E-state index contributed by atoms with van der Waals surface area (Å²) in [6, 6.07) is 1.45. The van der Waals surface area contributed by atoms with Gasteiger partial charge in [0.15, 0.2) is 0 Å². The van der Waals surface area contributed by atoms with Gasteiger partial charge in [-0.1, -0.05) is 31.9 Å². The van der Waals surface area contributed by atoms with Crippen LogP contribution < -0.4 is 4.72 Å². The van der Waals surface area contributed by atoms with Gasteiger partial charge < -0.3 is 5.11 Å². The number of rotatable bonds is 6.